The van der Waals surface area contributed by atoms with E-state index in [-0.39, 0.29) is 11.1 Å². The highest BCUT2D eigenvalue weighted by molar-refractivity contribution is 5.88. The van der Waals surface area contributed by atoms with Crippen molar-refractivity contribution in [1.82, 2.24) is 0 Å². The molecule has 0 spiro atoms. The normalized spacial score (nSPS) is 11.9. The topological polar surface area (TPSA) is 0 Å². The van der Waals surface area contributed by atoms with E-state index in [1.807, 2.05) is 19.1 Å². The summed E-state index contributed by atoms with van der Waals surface area (Å²) in [7, 11) is 0. The molecule has 0 aliphatic rings. The summed E-state index contributed by atoms with van der Waals surface area (Å²) < 4.78 is 66.5. The fourth-order valence-electron chi connectivity index (χ4n) is 2.92. The molecule has 0 amide bonds. The van der Waals surface area contributed by atoms with Crippen molar-refractivity contribution in [2.45, 2.75) is 25.9 Å². The van der Waals surface area contributed by atoms with E-state index >= 15 is 0 Å². The lowest BCUT2D eigenvalue weighted by Gasteiger charge is -2.11. The summed E-state index contributed by atoms with van der Waals surface area (Å²) in [6.45, 7) is 2.05. The maximum Gasteiger partial charge on any atom is 0.419 e. The Bertz CT molecular complexity index is 925. The standard InChI is InChI=1S/C20H15F5/c1-2-3-12-4-7-15-13(10-12)5-8-16(19(15)22)14-6-9-17(18(21)11-14)20(23,24)25/h4-11H,2-3H2,1H3. The number of rotatable bonds is 3. The fourth-order valence-corrected chi connectivity index (χ4v) is 2.92. The predicted molar refractivity (Wildman–Crippen MR) is 88.3 cm³/mol. The number of hydrogen-bond donors (Lipinski definition) is 0. The molecule has 0 N–H and O–H groups in total. The van der Waals surface area contributed by atoms with Gasteiger partial charge in [0.05, 0.1) is 5.56 Å². The van der Waals surface area contributed by atoms with Gasteiger partial charge in [0.2, 0.25) is 0 Å². The molecular formula is C20H15F5. The molecule has 3 aromatic carbocycles. The van der Waals surface area contributed by atoms with Crippen LogP contribution in [-0.2, 0) is 12.6 Å². The zero-order chi connectivity index (χ0) is 18.2. The molecule has 0 nitrogen and oxygen atoms in total. The van der Waals surface area contributed by atoms with Gasteiger partial charge in [0, 0.05) is 10.9 Å². The molecule has 5 heteroatoms. The largest absolute Gasteiger partial charge is 0.419 e. The van der Waals surface area contributed by atoms with Crippen molar-refractivity contribution in [3.05, 3.63) is 71.3 Å². The third kappa shape index (κ3) is 3.36. The second-order valence-corrected chi connectivity index (χ2v) is 5.92. The summed E-state index contributed by atoms with van der Waals surface area (Å²) >= 11 is 0. The van der Waals surface area contributed by atoms with Crippen LogP contribution in [0.15, 0.2) is 48.5 Å². The van der Waals surface area contributed by atoms with Gasteiger partial charge in [-0.15, -0.1) is 0 Å². The maximum atomic E-state index is 14.8. The van der Waals surface area contributed by atoms with Crippen molar-refractivity contribution in [3.8, 4) is 11.1 Å². The molecular weight excluding hydrogens is 335 g/mol. The van der Waals surface area contributed by atoms with Crippen molar-refractivity contribution in [2.75, 3.05) is 0 Å². The Morgan fingerprint density at radius 1 is 0.880 bits per heavy atom. The van der Waals surface area contributed by atoms with Gasteiger partial charge in [0.1, 0.15) is 11.6 Å². The third-order valence-electron chi connectivity index (χ3n) is 4.14. The number of hydrogen-bond acceptors (Lipinski definition) is 0. The lowest BCUT2D eigenvalue weighted by atomic mass is 9.97. The smallest absolute Gasteiger partial charge is 0.206 e. The monoisotopic (exact) mass is 350 g/mol. The van der Waals surface area contributed by atoms with Crippen LogP contribution >= 0.6 is 0 Å². The van der Waals surface area contributed by atoms with Gasteiger partial charge in [-0.05, 0) is 35.1 Å². The fraction of sp³-hybridized carbons (Fsp3) is 0.200. The average Bonchev–Trinajstić information content (AvgIpc) is 2.54. The molecule has 25 heavy (non-hydrogen) atoms. The SMILES string of the molecule is CCCc1ccc2c(F)c(-c3ccc(C(F)(F)F)c(F)c3)ccc2c1. The van der Waals surface area contributed by atoms with Crippen LogP contribution in [0, 0.1) is 11.6 Å². The molecule has 0 aliphatic heterocycles. The van der Waals surface area contributed by atoms with Crippen molar-refractivity contribution in [2.24, 2.45) is 0 Å². The summed E-state index contributed by atoms with van der Waals surface area (Å²) in [5, 5.41) is 1.07. The number of benzene rings is 3. The highest BCUT2D eigenvalue weighted by Gasteiger charge is 2.34. The van der Waals surface area contributed by atoms with Crippen LogP contribution < -0.4 is 0 Å². The Labute approximate surface area is 141 Å². The quantitative estimate of drug-likeness (QED) is 0.458. The van der Waals surface area contributed by atoms with Crippen LogP contribution in [0.5, 0.6) is 0 Å². The molecule has 0 aliphatic carbocycles. The molecule has 0 fully saturated rings. The first kappa shape index (κ1) is 17.4. The molecule has 3 aromatic rings. The van der Waals surface area contributed by atoms with E-state index in [1.54, 1.807) is 12.1 Å². The summed E-state index contributed by atoms with van der Waals surface area (Å²) in [5.74, 6) is -1.98. The lowest BCUT2D eigenvalue weighted by molar-refractivity contribution is -0.139. The van der Waals surface area contributed by atoms with Gasteiger partial charge in [-0.2, -0.15) is 13.2 Å². The summed E-state index contributed by atoms with van der Waals surface area (Å²) in [5.41, 5.74) is -0.129. The van der Waals surface area contributed by atoms with Gasteiger partial charge in [-0.25, -0.2) is 8.78 Å². The summed E-state index contributed by atoms with van der Waals surface area (Å²) in [4.78, 5) is 0. The number of halogens is 5. The van der Waals surface area contributed by atoms with Crippen LogP contribution in [0.3, 0.4) is 0 Å². The van der Waals surface area contributed by atoms with Crippen LogP contribution in [0.2, 0.25) is 0 Å². The van der Waals surface area contributed by atoms with Crippen molar-refractivity contribution in [3.63, 3.8) is 0 Å². The zero-order valence-electron chi connectivity index (χ0n) is 13.4. The predicted octanol–water partition coefficient (Wildman–Crippen LogP) is 6.76. The summed E-state index contributed by atoms with van der Waals surface area (Å²) in [6, 6.07) is 11.0. The van der Waals surface area contributed by atoms with Crippen LogP contribution in [0.1, 0.15) is 24.5 Å². The molecule has 0 saturated carbocycles. The first-order valence-corrected chi connectivity index (χ1v) is 7.89. The second-order valence-electron chi connectivity index (χ2n) is 5.92. The van der Waals surface area contributed by atoms with Gasteiger partial charge in [0.15, 0.2) is 0 Å². The Kier molecular flexibility index (Phi) is 4.50. The molecule has 0 radical (unpaired) electrons. The molecule has 0 aromatic heterocycles. The van der Waals surface area contributed by atoms with Gasteiger partial charge in [-0.1, -0.05) is 49.7 Å². The molecule has 0 saturated heterocycles. The molecule has 130 valence electrons. The van der Waals surface area contributed by atoms with Gasteiger partial charge in [-0.3, -0.25) is 0 Å². The highest BCUT2D eigenvalue weighted by Crippen LogP contribution is 2.35. The maximum absolute atomic E-state index is 14.8. The lowest BCUT2D eigenvalue weighted by Crippen LogP contribution is -2.07. The Morgan fingerprint density at radius 3 is 2.28 bits per heavy atom. The van der Waals surface area contributed by atoms with E-state index in [1.165, 1.54) is 6.07 Å². The van der Waals surface area contributed by atoms with E-state index in [4.69, 9.17) is 0 Å². The van der Waals surface area contributed by atoms with Crippen molar-refractivity contribution >= 4 is 10.8 Å². The minimum atomic E-state index is -4.78. The Hall–Kier alpha value is -2.43. The van der Waals surface area contributed by atoms with E-state index < -0.39 is 23.4 Å². The molecule has 3 rings (SSSR count). The molecule has 0 atom stereocenters. The van der Waals surface area contributed by atoms with Gasteiger partial charge >= 0.3 is 6.18 Å². The van der Waals surface area contributed by atoms with E-state index in [9.17, 15) is 22.0 Å². The number of alkyl halides is 3. The molecule has 0 unspecified atom stereocenters. The first-order chi connectivity index (χ1) is 11.8. The van der Waals surface area contributed by atoms with Crippen molar-refractivity contribution in [1.29, 1.82) is 0 Å². The van der Waals surface area contributed by atoms with Crippen LogP contribution in [0.25, 0.3) is 21.9 Å². The minimum absolute atomic E-state index is 0.0718. The van der Waals surface area contributed by atoms with Crippen LogP contribution in [-0.4, -0.2) is 0 Å². The Balaban J connectivity index is 2.09. The Morgan fingerprint density at radius 2 is 1.64 bits per heavy atom. The highest BCUT2D eigenvalue weighted by atomic mass is 19.4. The average molecular weight is 350 g/mol. The number of aryl methyl sites for hydroxylation is 1. The van der Waals surface area contributed by atoms with Gasteiger partial charge in [0.25, 0.3) is 0 Å². The van der Waals surface area contributed by atoms with Crippen molar-refractivity contribution < 1.29 is 22.0 Å². The van der Waals surface area contributed by atoms with Gasteiger partial charge < -0.3 is 0 Å². The van der Waals surface area contributed by atoms with Crippen LogP contribution in [0.4, 0.5) is 22.0 Å². The first-order valence-electron chi connectivity index (χ1n) is 7.89. The third-order valence-corrected chi connectivity index (χ3v) is 4.14. The molecule has 0 bridgehead atoms. The summed E-state index contributed by atoms with van der Waals surface area (Å²) in [6.07, 6.45) is -2.93. The van der Waals surface area contributed by atoms with E-state index in [0.29, 0.717) is 16.8 Å². The van der Waals surface area contributed by atoms with E-state index in [2.05, 4.69) is 0 Å². The number of fused-ring (bicyclic) bond motifs is 1. The zero-order valence-corrected chi connectivity index (χ0v) is 13.4. The minimum Gasteiger partial charge on any atom is -0.206 e. The van der Waals surface area contributed by atoms with E-state index in [0.717, 1.165) is 30.5 Å². The molecule has 0 heterocycles. The second kappa shape index (κ2) is 6.47.